The third-order valence-electron chi connectivity index (χ3n) is 4.31. The van der Waals surface area contributed by atoms with Crippen LogP contribution in [0.3, 0.4) is 0 Å². The Hall–Kier alpha value is -3.63. The van der Waals surface area contributed by atoms with Gasteiger partial charge >= 0.3 is 0 Å². The van der Waals surface area contributed by atoms with Crippen LogP contribution in [0.1, 0.15) is 5.56 Å². The summed E-state index contributed by atoms with van der Waals surface area (Å²) in [6.45, 7) is 0. The molecule has 0 aliphatic heterocycles. The molecule has 0 saturated heterocycles. The van der Waals surface area contributed by atoms with E-state index in [4.69, 9.17) is 5.73 Å². The molecule has 4 aromatic rings. The highest BCUT2D eigenvalue weighted by Gasteiger charge is 2.21. The molecule has 0 amide bonds. The monoisotopic (exact) mass is 374 g/mol. The third kappa shape index (κ3) is 2.72. The van der Waals surface area contributed by atoms with Gasteiger partial charge in [-0.1, -0.05) is 24.3 Å². The van der Waals surface area contributed by atoms with Crippen LogP contribution in [0.25, 0.3) is 22.2 Å². The summed E-state index contributed by atoms with van der Waals surface area (Å²) in [5, 5.41) is 10.1. The minimum absolute atomic E-state index is 0.180. The van der Waals surface area contributed by atoms with E-state index in [2.05, 4.69) is 11.1 Å². The van der Waals surface area contributed by atoms with Crippen molar-refractivity contribution < 1.29 is 8.42 Å². The molecule has 0 bridgehead atoms. The summed E-state index contributed by atoms with van der Waals surface area (Å²) in [6.07, 6.45) is 3.01. The first-order chi connectivity index (χ1) is 13.0. The van der Waals surface area contributed by atoms with Crippen LogP contribution in [0.4, 0.5) is 5.69 Å². The molecule has 2 heterocycles. The lowest BCUT2D eigenvalue weighted by molar-refractivity contribution is 0.589. The van der Waals surface area contributed by atoms with E-state index in [1.807, 2.05) is 0 Å². The van der Waals surface area contributed by atoms with Gasteiger partial charge in [-0.25, -0.2) is 17.4 Å². The number of aromatic nitrogens is 2. The Balaban J connectivity index is 1.96. The topological polar surface area (TPSA) is 102 Å². The number of hydrogen-bond donors (Lipinski definition) is 1. The Morgan fingerprint density at radius 1 is 1.00 bits per heavy atom. The van der Waals surface area contributed by atoms with Gasteiger partial charge in [0.05, 0.1) is 16.5 Å². The summed E-state index contributed by atoms with van der Waals surface area (Å²) in [5.41, 5.74) is 8.38. The second-order valence-electron chi connectivity index (χ2n) is 5.94. The summed E-state index contributed by atoms with van der Waals surface area (Å²) in [4.78, 5) is 4.45. The quantitative estimate of drug-likeness (QED) is 0.554. The van der Waals surface area contributed by atoms with Gasteiger partial charge in [-0.2, -0.15) is 5.26 Å². The van der Waals surface area contributed by atoms with Crippen molar-refractivity contribution in [2.24, 2.45) is 0 Å². The summed E-state index contributed by atoms with van der Waals surface area (Å²) >= 11 is 0. The number of nitrogen functional groups attached to an aromatic ring is 1. The van der Waals surface area contributed by atoms with Crippen LogP contribution in [-0.4, -0.2) is 17.4 Å². The number of nitrogens with two attached hydrogens (primary N) is 1. The lowest BCUT2D eigenvalue weighted by Gasteiger charge is -2.09. The maximum absolute atomic E-state index is 13.0. The van der Waals surface area contributed by atoms with Gasteiger partial charge in [-0.3, -0.25) is 0 Å². The van der Waals surface area contributed by atoms with Crippen LogP contribution < -0.4 is 5.73 Å². The van der Waals surface area contributed by atoms with Crippen LogP contribution in [0.15, 0.2) is 78.0 Å². The highest BCUT2D eigenvalue weighted by Crippen LogP contribution is 2.32. The van der Waals surface area contributed by atoms with Crippen LogP contribution in [-0.2, 0) is 10.0 Å². The van der Waals surface area contributed by atoms with Crippen molar-refractivity contribution in [3.63, 3.8) is 0 Å². The number of rotatable bonds is 3. The molecule has 2 aromatic heterocycles. The number of nitriles is 1. The van der Waals surface area contributed by atoms with E-state index in [0.29, 0.717) is 27.8 Å². The van der Waals surface area contributed by atoms with Crippen molar-refractivity contribution >= 4 is 26.7 Å². The summed E-state index contributed by atoms with van der Waals surface area (Å²) in [5.74, 6) is 0. The summed E-state index contributed by atoms with van der Waals surface area (Å²) in [6, 6.07) is 18.8. The molecule has 2 aromatic carbocycles. The van der Waals surface area contributed by atoms with Gasteiger partial charge < -0.3 is 5.73 Å². The molecule has 2 N–H and O–H groups in total. The van der Waals surface area contributed by atoms with Gasteiger partial charge in [-0.05, 0) is 42.0 Å². The maximum Gasteiger partial charge on any atom is 0.269 e. The average Bonchev–Trinajstić information content (AvgIpc) is 3.14. The first-order valence-electron chi connectivity index (χ1n) is 8.09. The lowest BCUT2D eigenvalue weighted by atomic mass is 9.98. The van der Waals surface area contributed by atoms with Crippen LogP contribution >= 0.6 is 0 Å². The van der Waals surface area contributed by atoms with Crippen molar-refractivity contribution in [2.75, 3.05) is 5.73 Å². The van der Waals surface area contributed by atoms with E-state index in [1.165, 1.54) is 12.4 Å². The van der Waals surface area contributed by atoms with E-state index in [-0.39, 0.29) is 4.90 Å². The van der Waals surface area contributed by atoms with E-state index < -0.39 is 10.0 Å². The second-order valence-corrected chi connectivity index (χ2v) is 7.76. The minimum atomic E-state index is -3.77. The number of nitrogens with zero attached hydrogens (tertiary/aromatic N) is 3. The zero-order valence-corrected chi connectivity index (χ0v) is 14.9. The van der Waals surface area contributed by atoms with E-state index in [9.17, 15) is 13.7 Å². The van der Waals surface area contributed by atoms with E-state index in [0.717, 1.165) is 9.54 Å². The molecule has 6 nitrogen and oxygen atoms in total. The predicted octanol–water partition coefficient (Wildman–Crippen LogP) is 3.39. The number of benzene rings is 2. The predicted molar refractivity (Wildman–Crippen MR) is 103 cm³/mol. The normalized spacial score (nSPS) is 11.4. The average molecular weight is 374 g/mol. The molecule has 132 valence electrons. The maximum atomic E-state index is 13.0. The van der Waals surface area contributed by atoms with Crippen molar-refractivity contribution in [1.29, 1.82) is 5.26 Å². The van der Waals surface area contributed by atoms with Crippen molar-refractivity contribution in [2.45, 2.75) is 4.90 Å². The Bertz CT molecular complexity index is 1300. The molecule has 0 aliphatic rings. The Morgan fingerprint density at radius 3 is 2.52 bits per heavy atom. The highest BCUT2D eigenvalue weighted by molar-refractivity contribution is 7.90. The number of hydrogen-bond acceptors (Lipinski definition) is 5. The zero-order chi connectivity index (χ0) is 19.0. The molecule has 0 saturated carbocycles. The molecule has 0 aliphatic carbocycles. The van der Waals surface area contributed by atoms with Gasteiger partial charge in [0.15, 0.2) is 5.65 Å². The SMILES string of the molecule is N#Cc1cc(N)ccc1-c1ccnc2c1ccn2S(=O)(=O)c1ccccc1. The first-order valence-corrected chi connectivity index (χ1v) is 9.53. The van der Waals surface area contributed by atoms with Crippen LogP contribution in [0.2, 0.25) is 0 Å². The second kappa shape index (κ2) is 6.27. The fraction of sp³-hybridized carbons (Fsp3) is 0. The fourth-order valence-corrected chi connectivity index (χ4v) is 4.36. The number of fused-ring (bicyclic) bond motifs is 1. The molecule has 0 spiro atoms. The molecule has 4 rings (SSSR count). The smallest absolute Gasteiger partial charge is 0.269 e. The van der Waals surface area contributed by atoms with Gasteiger partial charge in [0.25, 0.3) is 10.0 Å². The Labute approximate surface area is 156 Å². The molecule has 0 atom stereocenters. The number of pyridine rings is 1. The van der Waals surface area contributed by atoms with Crippen molar-refractivity contribution in [3.05, 3.63) is 78.6 Å². The molecule has 0 radical (unpaired) electrons. The molecule has 7 heteroatoms. The lowest BCUT2D eigenvalue weighted by Crippen LogP contribution is -2.12. The molecule has 27 heavy (non-hydrogen) atoms. The third-order valence-corrected chi connectivity index (χ3v) is 5.99. The van der Waals surface area contributed by atoms with Crippen molar-refractivity contribution in [1.82, 2.24) is 8.96 Å². The molecular weight excluding hydrogens is 360 g/mol. The summed E-state index contributed by atoms with van der Waals surface area (Å²) < 4.78 is 27.1. The highest BCUT2D eigenvalue weighted by atomic mass is 32.2. The minimum Gasteiger partial charge on any atom is -0.399 e. The fourth-order valence-electron chi connectivity index (χ4n) is 3.04. The van der Waals surface area contributed by atoms with Crippen LogP contribution in [0, 0.1) is 11.3 Å². The van der Waals surface area contributed by atoms with Gasteiger partial charge in [-0.15, -0.1) is 0 Å². The van der Waals surface area contributed by atoms with Gasteiger partial charge in [0.1, 0.15) is 0 Å². The largest absolute Gasteiger partial charge is 0.399 e. The molecule has 0 unspecified atom stereocenters. The standard InChI is InChI=1S/C20H14N4O2S/c21-13-14-12-15(22)6-7-17(14)18-8-10-23-20-19(18)9-11-24(20)27(25,26)16-4-2-1-3-5-16/h1-12H,22H2. The molecular formula is C20H14N4O2S. The zero-order valence-electron chi connectivity index (χ0n) is 14.1. The van der Waals surface area contributed by atoms with E-state index >= 15 is 0 Å². The first kappa shape index (κ1) is 16.8. The summed E-state index contributed by atoms with van der Waals surface area (Å²) in [7, 11) is -3.77. The van der Waals surface area contributed by atoms with Crippen molar-refractivity contribution in [3.8, 4) is 17.2 Å². The van der Waals surface area contributed by atoms with Crippen LogP contribution in [0.5, 0.6) is 0 Å². The number of anilines is 1. The Morgan fingerprint density at radius 2 is 1.78 bits per heavy atom. The van der Waals surface area contributed by atoms with Gasteiger partial charge in [0.2, 0.25) is 0 Å². The molecule has 0 fully saturated rings. The van der Waals surface area contributed by atoms with E-state index in [1.54, 1.807) is 60.7 Å². The Kier molecular flexibility index (Phi) is 3.90. The van der Waals surface area contributed by atoms with Gasteiger partial charge in [0, 0.05) is 29.0 Å².